The first-order valence-corrected chi connectivity index (χ1v) is 17.8. The summed E-state index contributed by atoms with van der Waals surface area (Å²) in [6, 6.07) is 63.3. The first kappa shape index (κ1) is 32.7. The van der Waals surface area contributed by atoms with Gasteiger partial charge in [0.05, 0.1) is 11.2 Å². The van der Waals surface area contributed by atoms with Crippen LogP contribution in [0.25, 0.3) is 66.8 Å². The van der Waals surface area contributed by atoms with Gasteiger partial charge in [-0.05, 0) is 112 Å². The largest absolute Gasteiger partial charge is 0.494 e. The molecular weight excluding hydrogens is 619 g/mol. The van der Waals surface area contributed by atoms with Crippen LogP contribution in [0.2, 0.25) is 0 Å². The Morgan fingerprint density at radius 1 is 0.333 bits per heavy atom. The fourth-order valence-corrected chi connectivity index (χ4v) is 7.17. The summed E-state index contributed by atoms with van der Waals surface area (Å²) in [5.41, 5.74) is 14.4. The standard InChI is InChI=1S/C48H41BO2/c1-47(2)48(3,4)51-49(50-47)41-30-18-28-39(32-41)38-27-17-29-40(31-38)43-33-42(34-19-9-5-10-20-34)44(35-21-11-6-12-22-35)46(37-25-15-8-16-26-37)45(43)36-23-13-7-14-24-36/h5-33H,1-4H3. The molecule has 1 fully saturated rings. The van der Waals surface area contributed by atoms with E-state index in [1.807, 2.05) is 0 Å². The molecule has 1 heterocycles. The van der Waals surface area contributed by atoms with Crippen molar-refractivity contribution >= 4 is 12.6 Å². The molecular formula is C48H41BO2. The van der Waals surface area contributed by atoms with E-state index in [0.29, 0.717) is 0 Å². The van der Waals surface area contributed by atoms with Gasteiger partial charge in [0, 0.05) is 0 Å². The quantitative estimate of drug-likeness (QED) is 0.158. The Bertz CT molecular complexity index is 2280. The number of hydrogen-bond donors (Lipinski definition) is 0. The number of rotatable bonds is 7. The van der Waals surface area contributed by atoms with Gasteiger partial charge in [-0.3, -0.25) is 0 Å². The molecule has 7 aromatic rings. The Hall–Kier alpha value is -5.48. The summed E-state index contributed by atoms with van der Waals surface area (Å²) >= 11 is 0. The summed E-state index contributed by atoms with van der Waals surface area (Å²) in [7, 11) is -0.421. The topological polar surface area (TPSA) is 18.5 Å². The first-order chi connectivity index (χ1) is 24.8. The van der Waals surface area contributed by atoms with Gasteiger partial charge in [0.2, 0.25) is 0 Å². The average molecular weight is 661 g/mol. The highest BCUT2D eigenvalue weighted by Crippen LogP contribution is 2.50. The maximum absolute atomic E-state index is 6.43. The van der Waals surface area contributed by atoms with Crippen molar-refractivity contribution in [1.82, 2.24) is 0 Å². The van der Waals surface area contributed by atoms with Crippen LogP contribution < -0.4 is 5.46 Å². The van der Waals surface area contributed by atoms with Crippen LogP contribution in [0, 0.1) is 0 Å². The molecule has 0 aliphatic carbocycles. The summed E-state index contributed by atoms with van der Waals surface area (Å²) in [5, 5.41) is 0. The van der Waals surface area contributed by atoms with Gasteiger partial charge in [-0.1, -0.05) is 164 Å². The van der Waals surface area contributed by atoms with Crippen LogP contribution in [0.5, 0.6) is 0 Å². The lowest BCUT2D eigenvalue weighted by Gasteiger charge is -2.32. The van der Waals surface area contributed by atoms with Gasteiger partial charge < -0.3 is 9.31 Å². The van der Waals surface area contributed by atoms with E-state index in [4.69, 9.17) is 9.31 Å². The van der Waals surface area contributed by atoms with Crippen LogP contribution in [0.4, 0.5) is 0 Å². The first-order valence-electron chi connectivity index (χ1n) is 17.8. The van der Waals surface area contributed by atoms with Crippen molar-refractivity contribution in [2.24, 2.45) is 0 Å². The van der Waals surface area contributed by atoms with Crippen LogP contribution in [0.15, 0.2) is 176 Å². The average Bonchev–Trinajstić information content (AvgIpc) is 3.41. The Morgan fingerprint density at radius 3 is 1.22 bits per heavy atom. The highest BCUT2D eigenvalue weighted by atomic mass is 16.7. The molecule has 3 heteroatoms. The lowest BCUT2D eigenvalue weighted by atomic mass is 9.77. The van der Waals surface area contributed by atoms with Gasteiger partial charge in [0.1, 0.15) is 0 Å². The molecule has 0 atom stereocenters. The van der Waals surface area contributed by atoms with Crippen molar-refractivity contribution in [2.75, 3.05) is 0 Å². The van der Waals surface area contributed by atoms with E-state index < -0.39 is 18.3 Å². The summed E-state index contributed by atoms with van der Waals surface area (Å²) < 4.78 is 12.9. The van der Waals surface area contributed by atoms with Crippen molar-refractivity contribution in [1.29, 1.82) is 0 Å². The minimum absolute atomic E-state index is 0.403. The second-order valence-corrected chi connectivity index (χ2v) is 14.4. The Balaban J connectivity index is 1.38. The van der Waals surface area contributed by atoms with E-state index >= 15 is 0 Å². The summed E-state index contributed by atoms with van der Waals surface area (Å²) in [6.45, 7) is 8.39. The second-order valence-electron chi connectivity index (χ2n) is 14.4. The number of hydrogen-bond acceptors (Lipinski definition) is 2. The predicted molar refractivity (Wildman–Crippen MR) is 215 cm³/mol. The summed E-state index contributed by atoms with van der Waals surface area (Å²) in [6.07, 6.45) is 0. The predicted octanol–water partition coefficient (Wildman–Crippen LogP) is 12.0. The molecule has 248 valence electrons. The lowest BCUT2D eigenvalue weighted by Crippen LogP contribution is -2.41. The minimum atomic E-state index is -0.421. The highest BCUT2D eigenvalue weighted by molar-refractivity contribution is 6.62. The normalized spacial score (nSPS) is 14.8. The van der Waals surface area contributed by atoms with Gasteiger partial charge in [0.25, 0.3) is 0 Å². The van der Waals surface area contributed by atoms with Crippen molar-refractivity contribution in [2.45, 2.75) is 38.9 Å². The monoisotopic (exact) mass is 660 g/mol. The third-order valence-electron chi connectivity index (χ3n) is 10.5. The highest BCUT2D eigenvalue weighted by Gasteiger charge is 2.51. The van der Waals surface area contributed by atoms with E-state index in [9.17, 15) is 0 Å². The van der Waals surface area contributed by atoms with E-state index in [2.05, 4.69) is 204 Å². The molecule has 7 aromatic carbocycles. The molecule has 0 amide bonds. The Labute approximate surface area is 302 Å². The van der Waals surface area contributed by atoms with Gasteiger partial charge in [0.15, 0.2) is 0 Å². The Kier molecular flexibility index (Phi) is 8.56. The van der Waals surface area contributed by atoms with Gasteiger partial charge in [-0.2, -0.15) is 0 Å². The molecule has 0 saturated carbocycles. The molecule has 0 unspecified atom stereocenters. The van der Waals surface area contributed by atoms with E-state index in [1.165, 1.54) is 50.1 Å². The van der Waals surface area contributed by atoms with E-state index in [0.717, 1.165) is 22.2 Å². The molecule has 0 spiro atoms. The maximum atomic E-state index is 6.43. The fraction of sp³-hybridized carbons (Fsp3) is 0.125. The fourth-order valence-electron chi connectivity index (χ4n) is 7.17. The minimum Gasteiger partial charge on any atom is -0.399 e. The molecule has 51 heavy (non-hydrogen) atoms. The zero-order valence-corrected chi connectivity index (χ0v) is 29.6. The van der Waals surface area contributed by atoms with Crippen molar-refractivity contribution in [3.8, 4) is 66.8 Å². The smallest absolute Gasteiger partial charge is 0.399 e. The van der Waals surface area contributed by atoms with E-state index in [1.54, 1.807) is 0 Å². The third kappa shape index (κ3) is 6.25. The maximum Gasteiger partial charge on any atom is 0.494 e. The summed E-state index contributed by atoms with van der Waals surface area (Å²) in [4.78, 5) is 0. The third-order valence-corrected chi connectivity index (χ3v) is 10.5. The zero-order valence-electron chi connectivity index (χ0n) is 29.6. The van der Waals surface area contributed by atoms with Gasteiger partial charge in [-0.25, -0.2) is 0 Å². The molecule has 8 rings (SSSR count). The molecule has 1 aliphatic heterocycles. The zero-order chi connectivity index (χ0) is 35.0. The van der Waals surface area contributed by atoms with Crippen molar-refractivity contribution in [3.63, 3.8) is 0 Å². The molecule has 1 saturated heterocycles. The van der Waals surface area contributed by atoms with Crippen LogP contribution >= 0.6 is 0 Å². The molecule has 1 aliphatic rings. The van der Waals surface area contributed by atoms with Crippen LogP contribution in [-0.2, 0) is 9.31 Å². The Morgan fingerprint density at radius 2 is 0.706 bits per heavy atom. The van der Waals surface area contributed by atoms with Crippen molar-refractivity contribution < 1.29 is 9.31 Å². The van der Waals surface area contributed by atoms with E-state index in [-0.39, 0.29) is 0 Å². The van der Waals surface area contributed by atoms with Crippen LogP contribution in [0.1, 0.15) is 27.7 Å². The molecule has 2 nitrogen and oxygen atoms in total. The SMILES string of the molecule is CC1(C)OB(c2cccc(-c3cccc(-c4cc(-c5ccccc5)c(-c5ccccc5)c(-c5ccccc5)c4-c4ccccc4)c3)c2)OC1(C)C. The summed E-state index contributed by atoms with van der Waals surface area (Å²) in [5.74, 6) is 0. The van der Waals surface area contributed by atoms with Gasteiger partial charge >= 0.3 is 7.12 Å². The van der Waals surface area contributed by atoms with Crippen molar-refractivity contribution in [3.05, 3.63) is 176 Å². The molecule has 0 aromatic heterocycles. The van der Waals surface area contributed by atoms with Gasteiger partial charge in [-0.15, -0.1) is 0 Å². The molecule has 0 bridgehead atoms. The van der Waals surface area contributed by atoms with Crippen LogP contribution in [-0.4, -0.2) is 18.3 Å². The second kappa shape index (κ2) is 13.3. The number of benzene rings is 7. The molecule has 0 N–H and O–H groups in total. The van der Waals surface area contributed by atoms with Crippen LogP contribution in [0.3, 0.4) is 0 Å². The lowest BCUT2D eigenvalue weighted by molar-refractivity contribution is 0.00578. The molecule has 0 radical (unpaired) electrons.